The van der Waals surface area contributed by atoms with E-state index < -0.39 is 0 Å². The van der Waals surface area contributed by atoms with Crippen LogP contribution in [0.2, 0.25) is 0 Å². The Bertz CT molecular complexity index is 657. The molecule has 0 aromatic rings. The Hall–Kier alpha value is -0.640. The van der Waals surface area contributed by atoms with E-state index in [4.69, 9.17) is 0 Å². The van der Waals surface area contributed by atoms with Gasteiger partial charge in [-0.05, 0) is 119 Å². The van der Waals surface area contributed by atoms with Crippen LogP contribution in [-0.2, 0) is 0 Å². The maximum Gasteiger partial charge on any atom is 0.0621 e. The lowest BCUT2D eigenvalue weighted by Crippen LogP contribution is -2.54. The second kappa shape index (κ2) is 9.08. The Morgan fingerprint density at radius 3 is 2.63 bits per heavy atom. The van der Waals surface area contributed by atoms with Crippen LogP contribution in [0.15, 0.2) is 23.8 Å². The Morgan fingerprint density at radius 2 is 1.90 bits per heavy atom. The van der Waals surface area contributed by atoms with Crippen LogP contribution in [0.1, 0.15) is 90.9 Å². The van der Waals surface area contributed by atoms with Crippen LogP contribution in [0.5, 0.6) is 0 Å². The minimum Gasteiger partial charge on any atom is -0.393 e. The van der Waals surface area contributed by atoms with Gasteiger partial charge in [0.25, 0.3) is 0 Å². The van der Waals surface area contributed by atoms with Crippen LogP contribution in [0.4, 0.5) is 0 Å². The maximum absolute atomic E-state index is 11.1. The second-order valence-electron chi connectivity index (χ2n) is 11.5. The van der Waals surface area contributed by atoms with Crippen LogP contribution >= 0.6 is 0 Å². The topological polar surface area (TPSA) is 52.5 Å². The van der Waals surface area contributed by atoms with Crippen LogP contribution < -0.4 is 5.32 Å². The molecule has 3 fully saturated rings. The number of allylic oxidation sites excluding steroid dienone is 2. The average Bonchev–Trinajstić information content (AvgIpc) is 3.04. The smallest absolute Gasteiger partial charge is 0.0621 e. The molecular formula is C27H45NO2. The Labute approximate surface area is 184 Å². The molecule has 0 bridgehead atoms. The van der Waals surface area contributed by atoms with Gasteiger partial charge in [-0.2, -0.15) is 0 Å². The Morgan fingerprint density at radius 1 is 1.07 bits per heavy atom. The molecule has 4 aliphatic carbocycles. The molecule has 0 radical (unpaired) electrons. The van der Waals surface area contributed by atoms with E-state index in [2.05, 4.69) is 31.8 Å². The van der Waals surface area contributed by atoms with Crippen LogP contribution in [0, 0.1) is 28.6 Å². The van der Waals surface area contributed by atoms with Crippen molar-refractivity contribution in [3.05, 3.63) is 23.8 Å². The molecule has 7 atom stereocenters. The zero-order chi connectivity index (χ0) is 21.4. The monoisotopic (exact) mass is 415 g/mol. The van der Waals surface area contributed by atoms with E-state index in [-0.39, 0.29) is 23.0 Å². The molecule has 4 aliphatic rings. The third-order valence-electron chi connectivity index (χ3n) is 9.90. The van der Waals surface area contributed by atoms with Gasteiger partial charge >= 0.3 is 0 Å². The van der Waals surface area contributed by atoms with E-state index in [0.717, 1.165) is 25.9 Å². The van der Waals surface area contributed by atoms with Crippen molar-refractivity contribution in [2.75, 3.05) is 13.1 Å². The van der Waals surface area contributed by atoms with Gasteiger partial charge in [0.2, 0.25) is 0 Å². The fraction of sp³-hybridized carbons (Fsp3) is 0.852. The first-order valence-corrected chi connectivity index (χ1v) is 12.8. The number of aliphatic hydroxyl groups excluding tert-OH is 2. The summed E-state index contributed by atoms with van der Waals surface area (Å²) in [5.74, 6) is 1.81. The molecule has 0 aliphatic heterocycles. The molecule has 0 spiro atoms. The van der Waals surface area contributed by atoms with Gasteiger partial charge in [-0.1, -0.05) is 37.6 Å². The van der Waals surface area contributed by atoms with Gasteiger partial charge in [0.1, 0.15) is 0 Å². The molecule has 2 unspecified atom stereocenters. The number of aliphatic hydroxyl groups is 2. The lowest BCUT2D eigenvalue weighted by atomic mass is 9.51. The highest BCUT2D eigenvalue weighted by atomic mass is 16.3. The molecule has 0 aromatic heterocycles. The van der Waals surface area contributed by atoms with Crippen LogP contribution in [0.3, 0.4) is 0 Å². The summed E-state index contributed by atoms with van der Waals surface area (Å²) in [5.41, 5.74) is 3.33. The van der Waals surface area contributed by atoms with E-state index in [1.54, 1.807) is 5.57 Å². The Balaban J connectivity index is 1.47. The van der Waals surface area contributed by atoms with Gasteiger partial charge in [-0.25, -0.2) is 0 Å². The molecule has 4 rings (SSSR count). The third-order valence-corrected chi connectivity index (χ3v) is 9.90. The van der Waals surface area contributed by atoms with E-state index in [1.165, 1.54) is 63.4 Å². The van der Waals surface area contributed by atoms with E-state index in [9.17, 15) is 10.2 Å². The largest absolute Gasteiger partial charge is 0.393 e. The molecule has 170 valence electrons. The normalized spacial score (nSPS) is 44.6. The molecule has 3 heteroatoms. The predicted molar refractivity (Wildman–Crippen MR) is 124 cm³/mol. The highest BCUT2D eigenvalue weighted by molar-refractivity contribution is 5.21. The van der Waals surface area contributed by atoms with Gasteiger partial charge in [0, 0.05) is 0 Å². The number of hydrogen-bond acceptors (Lipinski definition) is 3. The lowest BCUT2D eigenvalue weighted by molar-refractivity contribution is -0.118. The van der Waals surface area contributed by atoms with E-state index in [1.807, 2.05) is 0 Å². The van der Waals surface area contributed by atoms with Crippen molar-refractivity contribution in [1.82, 2.24) is 5.32 Å². The van der Waals surface area contributed by atoms with Gasteiger partial charge in [0.15, 0.2) is 0 Å². The minimum absolute atomic E-state index is 0.0667. The number of fused-ring (bicyclic) bond motifs is 1. The summed E-state index contributed by atoms with van der Waals surface area (Å²) < 4.78 is 0. The first-order chi connectivity index (χ1) is 14.3. The summed E-state index contributed by atoms with van der Waals surface area (Å²) in [4.78, 5) is 0. The van der Waals surface area contributed by atoms with Crippen LogP contribution in [0.25, 0.3) is 0 Å². The summed E-state index contributed by atoms with van der Waals surface area (Å²) in [6, 6.07) is 0. The van der Waals surface area contributed by atoms with Crippen molar-refractivity contribution < 1.29 is 10.2 Å². The predicted octanol–water partition coefficient (Wildman–Crippen LogP) is 5.38. The standard InChI is InChI=1S/C27H45NO2/c1-19-9-10-23-22(18-28-16-13-20-7-5-4-6-8-20)24(12-15-26(19,23)2)27(3)14-11-21(29)17-25(27)30/h7,21-25,28-30H,1,4-6,8-18H2,2-3H3/t21-,22-,23?,24?,25-,26+,27+/m0/s1. The summed E-state index contributed by atoms with van der Waals surface area (Å²) in [6.07, 6.45) is 15.4. The summed E-state index contributed by atoms with van der Waals surface area (Å²) in [6.45, 7) is 11.4. The SMILES string of the molecule is C=C1CCC2[C@H](CNCCC3=CCCCC3)C([C@@]3(C)CC[C@H](O)C[C@@H]3O)CC[C@]12C. The average molecular weight is 416 g/mol. The zero-order valence-corrected chi connectivity index (χ0v) is 19.5. The van der Waals surface area contributed by atoms with Gasteiger partial charge in [0.05, 0.1) is 12.2 Å². The lowest BCUT2D eigenvalue weighted by Gasteiger charge is -2.55. The number of nitrogens with one attached hydrogen (secondary N) is 1. The molecule has 0 heterocycles. The minimum atomic E-state index is -0.380. The van der Waals surface area contributed by atoms with E-state index in [0.29, 0.717) is 24.2 Å². The van der Waals surface area contributed by atoms with E-state index >= 15 is 0 Å². The molecule has 3 saturated carbocycles. The van der Waals surface area contributed by atoms with Crippen molar-refractivity contribution in [1.29, 1.82) is 0 Å². The highest BCUT2D eigenvalue weighted by Crippen LogP contribution is 2.62. The zero-order valence-electron chi connectivity index (χ0n) is 19.5. The van der Waals surface area contributed by atoms with Crippen molar-refractivity contribution in [3.63, 3.8) is 0 Å². The quantitative estimate of drug-likeness (QED) is 0.403. The molecule has 0 amide bonds. The summed E-state index contributed by atoms with van der Waals surface area (Å²) in [7, 11) is 0. The Kier molecular flexibility index (Phi) is 6.82. The first kappa shape index (κ1) is 22.6. The summed E-state index contributed by atoms with van der Waals surface area (Å²) in [5, 5.41) is 25.0. The second-order valence-corrected chi connectivity index (χ2v) is 11.5. The third kappa shape index (κ3) is 4.19. The number of rotatable bonds is 6. The molecule has 3 nitrogen and oxygen atoms in total. The molecule has 0 aromatic carbocycles. The van der Waals surface area contributed by atoms with Crippen molar-refractivity contribution in [2.45, 2.75) is 103 Å². The van der Waals surface area contributed by atoms with Gasteiger partial charge in [-0.15, -0.1) is 0 Å². The number of hydrogen-bond donors (Lipinski definition) is 3. The molecule has 3 N–H and O–H groups in total. The van der Waals surface area contributed by atoms with Crippen molar-refractivity contribution in [2.24, 2.45) is 28.6 Å². The van der Waals surface area contributed by atoms with Crippen molar-refractivity contribution >= 4 is 0 Å². The van der Waals surface area contributed by atoms with Gasteiger partial charge < -0.3 is 15.5 Å². The first-order valence-electron chi connectivity index (χ1n) is 12.8. The highest BCUT2D eigenvalue weighted by Gasteiger charge is 2.56. The fourth-order valence-electron chi connectivity index (χ4n) is 7.67. The van der Waals surface area contributed by atoms with Gasteiger partial charge in [-0.3, -0.25) is 0 Å². The van der Waals surface area contributed by atoms with Crippen molar-refractivity contribution in [3.8, 4) is 0 Å². The van der Waals surface area contributed by atoms with Crippen LogP contribution in [-0.4, -0.2) is 35.5 Å². The maximum atomic E-state index is 11.1. The molecule has 0 saturated heterocycles. The molecular weight excluding hydrogens is 370 g/mol. The molecule has 30 heavy (non-hydrogen) atoms. The summed E-state index contributed by atoms with van der Waals surface area (Å²) >= 11 is 0. The fourth-order valence-corrected chi connectivity index (χ4v) is 7.67.